The summed E-state index contributed by atoms with van der Waals surface area (Å²) in [5.74, 6) is 1.56. The van der Waals surface area contributed by atoms with Crippen LogP contribution in [0.25, 0.3) is 0 Å². The fraction of sp³-hybridized carbons (Fsp3) is 0.950. The van der Waals surface area contributed by atoms with Crippen molar-refractivity contribution in [2.75, 3.05) is 13.2 Å². The fourth-order valence-corrected chi connectivity index (χ4v) is 4.55. The highest BCUT2D eigenvalue weighted by molar-refractivity contribution is 5.80. The Balaban J connectivity index is 1.86. The lowest BCUT2D eigenvalue weighted by Crippen LogP contribution is -2.39. The van der Waals surface area contributed by atoms with Crippen molar-refractivity contribution in [2.24, 2.45) is 11.8 Å². The molecule has 2 rings (SSSR count). The highest BCUT2D eigenvalue weighted by Gasteiger charge is 2.25. The van der Waals surface area contributed by atoms with Gasteiger partial charge in [0, 0.05) is 24.9 Å². The molecule has 2 fully saturated rings. The number of hydrogen-bond acceptors (Lipinski definition) is 3. The highest BCUT2D eigenvalue weighted by Crippen LogP contribution is 2.30. The molecule has 0 aromatic carbocycles. The van der Waals surface area contributed by atoms with Gasteiger partial charge in [-0.2, -0.15) is 0 Å². The van der Waals surface area contributed by atoms with Gasteiger partial charge in [-0.3, -0.25) is 4.79 Å². The first-order valence-corrected chi connectivity index (χ1v) is 10.2. The second kappa shape index (κ2) is 11.2. The van der Waals surface area contributed by atoms with E-state index < -0.39 is 0 Å². The minimum absolute atomic E-state index is 0.227. The molecule has 2 N–H and O–H groups in total. The highest BCUT2D eigenvalue weighted by atomic mass is 16.3. The van der Waals surface area contributed by atoms with Gasteiger partial charge in [-0.25, -0.2) is 0 Å². The van der Waals surface area contributed by atoms with E-state index in [1.165, 1.54) is 64.2 Å². The van der Waals surface area contributed by atoms with E-state index in [0.717, 1.165) is 25.7 Å². The largest absolute Gasteiger partial charge is 0.395 e. The van der Waals surface area contributed by atoms with Gasteiger partial charge < -0.3 is 10.4 Å². The van der Waals surface area contributed by atoms with Crippen LogP contribution in [0.4, 0.5) is 0 Å². The number of hydrogen-bond donors (Lipinski definition) is 2. The Kier molecular flexibility index (Phi) is 9.21. The number of carbonyl (C=O) groups is 1. The molecule has 0 saturated heterocycles. The van der Waals surface area contributed by atoms with Crippen LogP contribution in [0, 0.1) is 11.8 Å². The van der Waals surface area contributed by atoms with Crippen molar-refractivity contribution in [3.63, 3.8) is 0 Å². The number of Topliss-reactive ketones (excluding diaryl/α,β-unsaturated/α-hetero) is 1. The summed E-state index contributed by atoms with van der Waals surface area (Å²) in [7, 11) is 0. The molecule has 2 unspecified atom stereocenters. The van der Waals surface area contributed by atoms with E-state index >= 15 is 0 Å². The molecule has 3 nitrogen and oxygen atoms in total. The zero-order valence-electron chi connectivity index (χ0n) is 14.9. The standard InChI is InChI=1S/C20H37NO2/c22-16-15-21-19-11-7-3-1-5-9-17(19)13-14-18-10-6-2-4-8-12-20(18)23/h17-19,21-22H,1-16H2/t17-,18?,19?/m0/s1. The zero-order valence-corrected chi connectivity index (χ0v) is 14.9. The summed E-state index contributed by atoms with van der Waals surface area (Å²) in [6.45, 7) is 0.938. The van der Waals surface area contributed by atoms with Gasteiger partial charge in [0.2, 0.25) is 0 Å². The van der Waals surface area contributed by atoms with Crippen molar-refractivity contribution in [3.05, 3.63) is 0 Å². The van der Waals surface area contributed by atoms with Gasteiger partial charge in [-0.15, -0.1) is 0 Å². The first-order valence-electron chi connectivity index (χ1n) is 10.2. The molecule has 2 aliphatic rings. The summed E-state index contributed by atoms with van der Waals surface area (Å²) in [5, 5.41) is 12.7. The number of rotatable bonds is 6. The molecule has 3 heteroatoms. The molecule has 0 spiro atoms. The molecule has 0 aliphatic heterocycles. The van der Waals surface area contributed by atoms with Gasteiger partial charge in [-0.1, -0.05) is 44.9 Å². The van der Waals surface area contributed by atoms with E-state index in [1.54, 1.807) is 0 Å². The van der Waals surface area contributed by atoms with Gasteiger partial charge in [0.05, 0.1) is 6.61 Å². The molecular formula is C20H37NO2. The molecule has 0 bridgehead atoms. The molecule has 0 aromatic rings. The Labute approximate surface area is 142 Å². The van der Waals surface area contributed by atoms with Crippen LogP contribution >= 0.6 is 0 Å². The second-order valence-corrected chi connectivity index (χ2v) is 7.73. The Morgan fingerprint density at radius 3 is 2.35 bits per heavy atom. The fourth-order valence-electron chi connectivity index (χ4n) is 4.55. The van der Waals surface area contributed by atoms with E-state index in [4.69, 9.17) is 5.11 Å². The van der Waals surface area contributed by atoms with Crippen molar-refractivity contribution < 1.29 is 9.90 Å². The van der Waals surface area contributed by atoms with Gasteiger partial charge in [0.15, 0.2) is 0 Å². The van der Waals surface area contributed by atoms with E-state index in [0.29, 0.717) is 30.2 Å². The van der Waals surface area contributed by atoms with Crippen LogP contribution in [0.1, 0.15) is 89.9 Å². The average Bonchev–Trinajstić information content (AvgIpc) is 2.52. The average molecular weight is 324 g/mol. The third-order valence-electron chi connectivity index (χ3n) is 5.99. The summed E-state index contributed by atoms with van der Waals surface area (Å²) in [5.41, 5.74) is 0. The molecule has 2 saturated carbocycles. The van der Waals surface area contributed by atoms with Crippen LogP contribution in [0.2, 0.25) is 0 Å². The number of aliphatic hydroxyl groups excluding tert-OH is 1. The Hall–Kier alpha value is -0.410. The topological polar surface area (TPSA) is 49.3 Å². The lowest BCUT2D eigenvalue weighted by Gasteiger charge is -2.31. The van der Waals surface area contributed by atoms with Crippen LogP contribution < -0.4 is 5.32 Å². The molecule has 3 atom stereocenters. The van der Waals surface area contributed by atoms with Crippen LogP contribution in [0.3, 0.4) is 0 Å². The summed E-state index contributed by atoms with van der Waals surface area (Å²) >= 11 is 0. The van der Waals surface area contributed by atoms with Crippen LogP contribution in [-0.4, -0.2) is 30.1 Å². The maximum Gasteiger partial charge on any atom is 0.135 e. The van der Waals surface area contributed by atoms with Crippen molar-refractivity contribution >= 4 is 5.78 Å². The lowest BCUT2D eigenvalue weighted by molar-refractivity contribution is -0.123. The number of ketones is 1. The molecule has 0 amide bonds. The second-order valence-electron chi connectivity index (χ2n) is 7.73. The van der Waals surface area contributed by atoms with Gasteiger partial charge in [0.1, 0.15) is 5.78 Å². The Morgan fingerprint density at radius 2 is 1.57 bits per heavy atom. The smallest absolute Gasteiger partial charge is 0.135 e. The predicted molar refractivity (Wildman–Crippen MR) is 95.5 cm³/mol. The van der Waals surface area contributed by atoms with Crippen LogP contribution in [0.15, 0.2) is 0 Å². The van der Waals surface area contributed by atoms with E-state index in [-0.39, 0.29) is 6.61 Å². The first-order chi connectivity index (χ1) is 11.3. The monoisotopic (exact) mass is 323 g/mol. The molecule has 23 heavy (non-hydrogen) atoms. The number of carbonyl (C=O) groups excluding carboxylic acids is 1. The zero-order chi connectivity index (χ0) is 16.3. The third-order valence-corrected chi connectivity index (χ3v) is 5.99. The van der Waals surface area contributed by atoms with Crippen molar-refractivity contribution in [2.45, 2.75) is 95.9 Å². The molecule has 0 aromatic heterocycles. The van der Waals surface area contributed by atoms with Crippen LogP contribution in [-0.2, 0) is 4.79 Å². The molecular weight excluding hydrogens is 286 g/mol. The maximum atomic E-state index is 12.4. The Morgan fingerprint density at radius 1 is 0.870 bits per heavy atom. The summed E-state index contributed by atoms with van der Waals surface area (Å²) < 4.78 is 0. The third kappa shape index (κ3) is 6.93. The van der Waals surface area contributed by atoms with E-state index in [1.807, 2.05) is 0 Å². The molecule has 0 heterocycles. The van der Waals surface area contributed by atoms with Crippen LogP contribution in [0.5, 0.6) is 0 Å². The van der Waals surface area contributed by atoms with E-state index in [2.05, 4.69) is 5.32 Å². The SMILES string of the molecule is O=C1CCCCCCC1CC[C@@H]1CCCCCCC1NCCO. The lowest BCUT2D eigenvalue weighted by atomic mass is 9.79. The maximum absolute atomic E-state index is 12.4. The summed E-state index contributed by atoms with van der Waals surface area (Å²) in [4.78, 5) is 12.4. The minimum atomic E-state index is 0.227. The molecule has 2 aliphatic carbocycles. The summed E-state index contributed by atoms with van der Waals surface area (Å²) in [6, 6.07) is 0.547. The first kappa shape index (κ1) is 18.9. The number of aliphatic hydroxyl groups is 1. The molecule has 0 radical (unpaired) electrons. The molecule has 134 valence electrons. The van der Waals surface area contributed by atoms with E-state index in [9.17, 15) is 4.79 Å². The van der Waals surface area contributed by atoms with Gasteiger partial charge in [0.25, 0.3) is 0 Å². The van der Waals surface area contributed by atoms with Crippen molar-refractivity contribution in [1.29, 1.82) is 0 Å². The van der Waals surface area contributed by atoms with Crippen molar-refractivity contribution in [1.82, 2.24) is 5.32 Å². The quantitative estimate of drug-likeness (QED) is 0.769. The minimum Gasteiger partial charge on any atom is -0.395 e. The number of nitrogens with one attached hydrogen (secondary N) is 1. The normalized spacial score (nSPS) is 31.0. The van der Waals surface area contributed by atoms with Gasteiger partial charge >= 0.3 is 0 Å². The predicted octanol–water partition coefficient (Wildman–Crippen LogP) is 4.23. The Bertz CT molecular complexity index is 330. The van der Waals surface area contributed by atoms with Crippen molar-refractivity contribution in [3.8, 4) is 0 Å². The van der Waals surface area contributed by atoms with Gasteiger partial charge in [-0.05, 0) is 44.4 Å². The summed E-state index contributed by atoms with van der Waals surface area (Å²) in [6.07, 6.45) is 17.0.